The van der Waals surface area contributed by atoms with E-state index in [0.29, 0.717) is 5.92 Å². The van der Waals surface area contributed by atoms with E-state index in [2.05, 4.69) is 44.7 Å². The zero-order chi connectivity index (χ0) is 11.3. The molecular weight excluding hydrogens is 182 g/mol. The van der Waals surface area contributed by atoms with Gasteiger partial charge in [0.15, 0.2) is 0 Å². The molecule has 0 radical (unpaired) electrons. The van der Waals surface area contributed by atoms with Crippen LogP contribution < -0.4 is 5.73 Å². The lowest BCUT2D eigenvalue weighted by Crippen LogP contribution is -2.03. The van der Waals surface area contributed by atoms with Gasteiger partial charge in [-0.2, -0.15) is 0 Å². The Kier molecular flexibility index (Phi) is 4.41. The van der Waals surface area contributed by atoms with E-state index in [1.807, 2.05) is 0 Å². The van der Waals surface area contributed by atoms with Crippen LogP contribution in [-0.4, -0.2) is 0 Å². The van der Waals surface area contributed by atoms with Crippen molar-refractivity contribution in [1.82, 2.24) is 0 Å². The molecule has 1 atom stereocenters. The van der Waals surface area contributed by atoms with Gasteiger partial charge in [0.1, 0.15) is 0 Å². The summed E-state index contributed by atoms with van der Waals surface area (Å²) in [6.07, 6.45) is 11.6. The summed E-state index contributed by atoms with van der Waals surface area (Å²) in [5.41, 5.74) is 9.23. The van der Waals surface area contributed by atoms with Crippen LogP contribution in [-0.2, 0) is 0 Å². The van der Waals surface area contributed by atoms with Gasteiger partial charge < -0.3 is 5.73 Å². The van der Waals surface area contributed by atoms with Gasteiger partial charge in [0.25, 0.3) is 0 Å². The van der Waals surface area contributed by atoms with Crippen LogP contribution in [0.25, 0.3) is 0 Å². The van der Waals surface area contributed by atoms with Crippen molar-refractivity contribution in [2.24, 2.45) is 11.7 Å². The molecule has 0 aliphatic heterocycles. The first-order valence-electron chi connectivity index (χ1n) is 5.60. The minimum absolute atomic E-state index is 0.565. The second-order valence-electron chi connectivity index (χ2n) is 4.22. The maximum atomic E-state index is 5.78. The van der Waals surface area contributed by atoms with Crippen LogP contribution in [0.1, 0.15) is 33.1 Å². The Morgan fingerprint density at radius 1 is 1.67 bits per heavy atom. The molecule has 2 N–H and O–H groups in total. The fraction of sp³-hybridized carbons (Fsp3) is 0.429. The smallest absolute Gasteiger partial charge is 0.0276 e. The van der Waals surface area contributed by atoms with Crippen molar-refractivity contribution in [2.75, 3.05) is 0 Å². The summed E-state index contributed by atoms with van der Waals surface area (Å²) in [5, 5.41) is 0. The molecule has 82 valence electrons. The van der Waals surface area contributed by atoms with Gasteiger partial charge >= 0.3 is 0 Å². The Hall–Kier alpha value is -1.24. The molecule has 15 heavy (non-hydrogen) atoms. The highest BCUT2D eigenvalue weighted by Gasteiger charge is 2.09. The zero-order valence-corrected chi connectivity index (χ0v) is 9.79. The highest BCUT2D eigenvalue weighted by Crippen LogP contribution is 2.25. The van der Waals surface area contributed by atoms with E-state index < -0.39 is 0 Å². The highest BCUT2D eigenvalue weighted by molar-refractivity contribution is 5.37. The lowest BCUT2D eigenvalue weighted by atomic mass is 9.91. The first kappa shape index (κ1) is 11.8. The van der Waals surface area contributed by atoms with Crippen LogP contribution in [0, 0.1) is 5.92 Å². The minimum Gasteiger partial charge on any atom is -0.399 e. The average molecular weight is 203 g/mol. The van der Waals surface area contributed by atoms with E-state index in [1.54, 1.807) is 0 Å². The van der Waals surface area contributed by atoms with Crippen LogP contribution in [0.5, 0.6) is 0 Å². The molecule has 0 heterocycles. The third-order valence-corrected chi connectivity index (χ3v) is 2.68. The van der Waals surface area contributed by atoms with E-state index in [0.717, 1.165) is 25.0 Å². The Morgan fingerprint density at radius 3 is 3.00 bits per heavy atom. The molecule has 0 aromatic heterocycles. The molecule has 0 aromatic carbocycles. The molecule has 0 saturated carbocycles. The van der Waals surface area contributed by atoms with Crippen molar-refractivity contribution in [2.45, 2.75) is 33.1 Å². The Balaban J connectivity index is 2.58. The molecule has 1 aliphatic carbocycles. The molecule has 0 amide bonds. The quantitative estimate of drug-likeness (QED) is 0.693. The fourth-order valence-electron chi connectivity index (χ4n) is 1.92. The van der Waals surface area contributed by atoms with Crippen molar-refractivity contribution in [3.63, 3.8) is 0 Å². The summed E-state index contributed by atoms with van der Waals surface area (Å²) < 4.78 is 0. The third kappa shape index (κ3) is 3.78. The molecule has 1 rings (SSSR count). The van der Waals surface area contributed by atoms with Gasteiger partial charge in [0.2, 0.25) is 0 Å². The van der Waals surface area contributed by atoms with Crippen LogP contribution in [0.4, 0.5) is 0 Å². The normalized spacial score (nSPS) is 18.5. The molecule has 1 nitrogen and oxygen atoms in total. The van der Waals surface area contributed by atoms with E-state index in [9.17, 15) is 0 Å². The third-order valence-electron chi connectivity index (χ3n) is 2.68. The van der Waals surface area contributed by atoms with Crippen molar-refractivity contribution >= 4 is 0 Å². The Labute approximate surface area is 93.1 Å². The summed E-state index contributed by atoms with van der Waals surface area (Å²) in [7, 11) is 0. The topological polar surface area (TPSA) is 26.0 Å². The first-order valence-corrected chi connectivity index (χ1v) is 5.60. The molecule has 0 aromatic rings. The average Bonchev–Trinajstić information content (AvgIpc) is 2.18. The predicted octanol–water partition coefficient (Wildman–Crippen LogP) is 3.71. The van der Waals surface area contributed by atoms with E-state index in [4.69, 9.17) is 5.73 Å². The van der Waals surface area contributed by atoms with Gasteiger partial charge in [-0.15, -0.1) is 0 Å². The van der Waals surface area contributed by atoms with Gasteiger partial charge in [0, 0.05) is 5.70 Å². The summed E-state index contributed by atoms with van der Waals surface area (Å²) in [4.78, 5) is 0. The minimum atomic E-state index is 0.565. The van der Waals surface area contributed by atoms with E-state index >= 15 is 0 Å². The van der Waals surface area contributed by atoms with Crippen molar-refractivity contribution in [1.29, 1.82) is 0 Å². The highest BCUT2D eigenvalue weighted by atomic mass is 14.6. The number of allylic oxidation sites excluding steroid dienone is 6. The summed E-state index contributed by atoms with van der Waals surface area (Å²) in [5.74, 6) is 0.565. The monoisotopic (exact) mass is 203 g/mol. The van der Waals surface area contributed by atoms with Gasteiger partial charge in [-0.1, -0.05) is 37.3 Å². The molecule has 1 unspecified atom stereocenters. The molecule has 1 heteroatoms. The van der Waals surface area contributed by atoms with Crippen molar-refractivity contribution in [3.8, 4) is 0 Å². The maximum Gasteiger partial charge on any atom is 0.0276 e. The summed E-state index contributed by atoms with van der Waals surface area (Å²) in [6, 6.07) is 0. The predicted molar refractivity (Wildman–Crippen MR) is 67.3 cm³/mol. The number of hydrogen-bond acceptors (Lipinski definition) is 1. The van der Waals surface area contributed by atoms with Gasteiger partial charge in [-0.05, 0) is 43.8 Å². The number of hydrogen-bond donors (Lipinski definition) is 1. The van der Waals surface area contributed by atoms with E-state index in [-0.39, 0.29) is 0 Å². The summed E-state index contributed by atoms with van der Waals surface area (Å²) in [6.45, 7) is 8.42. The second-order valence-corrected chi connectivity index (χ2v) is 4.22. The SMILES string of the molecule is C=C(CC(C)/C=C\C)C1=CC(N)=CCC1. The van der Waals surface area contributed by atoms with Crippen molar-refractivity contribution < 1.29 is 0 Å². The number of rotatable bonds is 4. The fourth-order valence-corrected chi connectivity index (χ4v) is 1.92. The van der Waals surface area contributed by atoms with Crippen molar-refractivity contribution in [3.05, 3.63) is 47.7 Å². The molecule has 0 spiro atoms. The lowest BCUT2D eigenvalue weighted by molar-refractivity contribution is 0.713. The molecular formula is C14H21N. The van der Waals surface area contributed by atoms with Gasteiger partial charge in [-0.3, -0.25) is 0 Å². The Bertz CT molecular complexity index is 318. The lowest BCUT2D eigenvalue weighted by Gasteiger charge is -2.16. The molecule has 0 saturated heterocycles. The molecule has 0 bridgehead atoms. The van der Waals surface area contributed by atoms with Crippen LogP contribution in [0.3, 0.4) is 0 Å². The Morgan fingerprint density at radius 2 is 2.40 bits per heavy atom. The van der Waals surface area contributed by atoms with E-state index in [1.165, 1.54) is 11.1 Å². The maximum absolute atomic E-state index is 5.78. The van der Waals surface area contributed by atoms with Gasteiger partial charge in [0.05, 0.1) is 0 Å². The molecule has 0 fully saturated rings. The summed E-state index contributed by atoms with van der Waals surface area (Å²) >= 11 is 0. The largest absolute Gasteiger partial charge is 0.399 e. The van der Waals surface area contributed by atoms with Crippen LogP contribution >= 0.6 is 0 Å². The number of nitrogens with two attached hydrogens (primary N) is 1. The zero-order valence-electron chi connectivity index (χ0n) is 9.79. The second kappa shape index (κ2) is 5.59. The standard InChI is InChI=1S/C14H21N/c1-4-6-11(2)9-12(3)13-7-5-8-14(15)10-13/h4,6,8,10-11H,3,5,7,9,15H2,1-2H3/b6-4-. The van der Waals surface area contributed by atoms with Gasteiger partial charge in [-0.25, -0.2) is 0 Å². The molecule has 1 aliphatic rings. The van der Waals surface area contributed by atoms with Crippen LogP contribution in [0.15, 0.2) is 47.7 Å². The first-order chi connectivity index (χ1) is 7.13. The van der Waals surface area contributed by atoms with Crippen LogP contribution in [0.2, 0.25) is 0 Å².